The van der Waals surface area contributed by atoms with Gasteiger partial charge in [-0.2, -0.15) is 0 Å². The lowest BCUT2D eigenvalue weighted by Crippen LogP contribution is -2.70. The number of thioether (sulfide) groups is 1. The van der Waals surface area contributed by atoms with Crippen molar-refractivity contribution in [3.8, 4) is 0 Å². The van der Waals surface area contributed by atoms with Crippen LogP contribution in [0.5, 0.6) is 0 Å². The summed E-state index contributed by atoms with van der Waals surface area (Å²) in [6, 6.07) is -0.893. The fraction of sp³-hybridized carbons (Fsp3) is 0.474. The van der Waals surface area contributed by atoms with Crippen molar-refractivity contribution in [3.63, 3.8) is 0 Å². The lowest BCUT2D eigenvalue weighted by molar-refractivity contribution is -0.173. The van der Waals surface area contributed by atoms with Crippen LogP contribution < -0.4 is 11.1 Å². The number of esters is 2. The minimum Gasteiger partial charge on any atom is -0.427 e. The van der Waals surface area contributed by atoms with Crippen molar-refractivity contribution in [2.24, 2.45) is 10.6 Å². The minimum atomic E-state index is -0.893. The zero-order chi connectivity index (χ0) is 24.3. The number of rotatable bonds is 7. The van der Waals surface area contributed by atoms with Gasteiger partial charge in [0.05, 0.1) is 5.41 Å². The van der Waals surface area contributed by atoms with Gasteiger partial charge in [0, 0.05) is 11.1 Å². The Labute approximate surface area is 197 Å². The number of aromatic nitrogens is 1. The Morgan fingerprint density at radius 2 is 2.06 bits per heavy atom. The standard InChI is InChI=1S/C19H23N5O7S2/c1-19(2,3)17(28)31-8-30-16(27)10-5-6-32-15-12(14(26)24(10)15)22-13(25)11(23-29-4)9-7-33-18(20)21-9/h5,7,12,15H,6,8H2,1-4H3,(H2,20,21)(H,22,25)/b23-11-/t12-,15-/m1/s1. The van der Waals surface area contributed by atoms with Crippen LogP contribution in [0.2, 0.25) is 0 Å². The van der Waals surface area contributed by atoms with E-state index in [1.54, 1.807) is 32.2 Å². The molecule has 2 aliphatic heterocycles. The summed E-state index contributed by atoms with van der Waals surface area (Å²) in [4.78, 5) is 59.7. The average molecular weight is 498 g/mol. The summed E-state index contributed by atoms with van der Waals surface area (Å²) < 4.78 is 9.93. The highest BCUT2D eigenvalue weighted by atomic mass is 32.2. The molecule has 12 nitrogen and oxygen atoms in total. The summed E-state index contributed by atoms with van der Waals surface area (Å²) in [5.41, 5.74) is 4.98. The molecule has 2 atom stereocenters. The van der Waals surface area contributed by atoms with Gasteiger partial charge < -0.3 is 25.4 Å². The number of nitrogens with two attached hydrogens (primary N) is 1. The molecule has 0 saturated carbocycles. The summed E-state index contributed by atoms with van der Waals surface area (Å²) in [5.74, 6) is -2.09. The van der Waals surface area contributed by atoms with Gasteiger partial charge in [0.2, 0.25) is 6.79 Å². The molecule has 3 heterocycles. The number of nitrogens with one attached hydrogen (secondary N) is 1. The number of fused-ring (bicyclic) bond motifs is 1. The molecule has 0 spiro atoms. The fourth-order valence-corrected chi connectivity index (χ4v) is 4.60. The maximum atomic E-state index is 12.7. The number of hydrogen-bond donors (Lipinski definition) is 2. The zero-order valence-corrected chi connectivity index (χ0v) is 19.9. The number of ether oxygens (including phenoxy) is 2. The first-order chi connectivity index (χ1) is 15.5. The Balaban J connectivity index is 1.61. The smallest absolute Gasteiger partial charge is 0.357 e. The number of β-lactam (4-membered cyclic amide) rings is 1. The maximum absolute atomic E-state index is 12.7. The van der Waals surface area contributed by atoms with E-state index < -0.39 is 47.4 Å². The zero-order valence-electron chi connectivity index (χ0n) is 18.3. The van der Waals surface area contributed by atoms with E-state index in [-0.39, 0.29) is 22.2 Å². The number of thiazole rings is 1. The highest BCUT2D eigenvalue weighted by Gasteiger charge is 2.53. The molecule has 0 aromatic carbocycles. The first-order valence-electron chi connectivity index (χ1n) is 9.67. The molecule has 1 aromatic heterocycles. The highest BCUT2D eigenvalue weighted by Crippen LogP contribution is 2.37. The third-order valence-electron chi connectivity index (χ3n) is 4.50. The highest BCUT2D eigenvalue weighted by molar-refractivity contribution is 8.00. The predicted molar refractivity (Wildman–Crippen MR) is 120 cm³/mol. The van der Waals surface area contributed by atoms with Crippen LogP contribution in [0.1, 0.15) is 26.5 Å². The molecule has 1 aromatic rings. The van der Waals surface area contributed by atoms with Crippen LogP contribution in [0.4, 0.5) is 5.13 Å². The normalized spacial score (nSPS) is 20.2. The van der Waals surface area contributed by atoms with Gasteiger partial charge in [-0.15, -0.1) is 23.1 Å². The first-order valence-corrected chi connectivity index (χ1v) is 11.6. The minimum absolute atomic E-state index is 0.0270. The topological polar surface area (TPSA) is 163 Å². The van der Waals surface area contributed by atoms with E-state index in [1.165, 1.54) is 23.8 Å². The molecule has 1 fully saturated rings. The van der Waals surface area contributed by atoms with E-state index in [2.05, 4.69) is 15.5 Å². The van der Waals surface area contributed by atoms with Crippen molar-refractivity contribution in [3.05, 3.63) is 22.8 Å². The number of nitrogen functional groups attached to an aromatic ring is 1. The average Bonchev–Trinajstić information content (AvgIpc) is 3.19. The summed E-state index contributed by atoms with van der Waals surface area (Å²) in [5, 5.41) is 7.57. The van der Waals surface area contributed by atoms with Crippen molar-refractivity contribution in [2.75, 3.05) is 25.4 Å². The second kappa shape index (κ2) is 9.79. The van der Waals surface area contributed by atoms with Crippen LogP contribution in [0.3, 0.4) is 0 Å². The Bertz CT molecular complexity index is 1030. The molecule has 0 radical (unpaired) electrons. The van der Waals surface area contributed by atoms with Crippen molar-refractivity contribution in [1.82, 2.24) is 15.2 Å². The van der Waals surface area contributed by atoms with Crippen molar-refractivity contribution in [2.45, 2.75) is 32.2 Å². The van der Waals surface area contributed by atoms with E-state index in [0.717, 1.165) is 11.3 Å². The van der Waals surface area contributed by atoms with E-state index in [0.29, 0.717) is 5.75 Å². The summed E-state index contributed by atoms with van der Waals surface area (Å²) in [6.45, 7) is 4.44. The van der Waals surface area contributed by atoms with Gasteiger partial charge in [-0.3, -0.25) is 19.3 Å². The molecule has 1 saturated heterocycles. The Morgan fingerprint density at radius 3 is 2.67 bits per heavy atom. The first kappa shape index (κ1) is 24.5. The van der Waals surface area contributed by atoms with Crippen LogP contribution in [0.15, 0.2) is 22.3 Å². The lowest BCUT2D eigenvalue weighted by Gasteiger charge is -2.48. The van der Waals surface area contributed by atoms with E-state index in [1.807, 2.05) is 0 Å². The molecular weight excluding hydrogens is 474 g/mol. The molecule has 0 bridgehead atoms. The fourth-order valence-electron chi connectivity index (χ4n) is 2.86. The van der Waals surface area contributed by atoms with Gasteiger partial charge in [0.25, 0.3) is 11.8 Å². The molecule has 178 valence electrons. The second-order valence-electron chi connectivity index (χ2n) is 7.90. The van der Waals surface area contributed by atoms with Gasteiger partial charge in [-0.25, -0.2) is 9.78 Å². The number of hydrogen-bond acceptors (Lipinski definition) is 12. The number of nitrogens with zero attached hydrogens (tertiary/aromatic N) is 3. The van der Waals surface area contributed by atoms with Crippen LogP contribution in [0.25, 0.3) is 0 Å². The molecular formula is C19H23N5O7S2. The maximum Gasteiger partial charge on any atom is 0.357 e. The monoisotopic (exact) mass is 497 g/mol. The molecule has 2 aliphatic rings. The number of anilines is 1. The quantitative estimate of drug-likeness (QED) is 0.178. The third kappa shape index (κ3) is 5.27. The van der Waals surface area contributed by atoms with Crippen molar-refractivity contribution in [1.29, 1.82) is 0 Å². The Hall–Kier alpha value is -3.13. The Morgan fingerprint density at radius 1 is 1.33 bits per heavy atom. The summed E-state index contributed by atoms with van der Waals surface area (Å²) in [7, 11) is 1.28. The van der Waals surface area contributed by atoms with E-state index in [9.17, 15) is 19.2 Å². The van der Waals surface area contributed by atoms with Gasteiger partial charge in [-0.1, -0.05) is 5.16 Å². The van der Waals surface area contributed by atoms with Gasteiger partial charge in [0.15, 0.2) is 10.8 Å². The number of carbonyl (C=O) groups excluding carboxylic acids is 4. The van der Waals surface area contributed by atoms with E-state index in [4.69, 9.17) is 20.0 Å². The van der Waals surface area contributed by atoms with Gasteiger partial charge in [0.1, 0.15) is 29.9 Å². The molecule has 33 heavy (non-hydrogen) atoms. The van der Waals surface area contributed by atoms with Gasteiger partial charge >= 0.3 is 11.9 Å². The Kier molecular flexibility index (Phi) is 7.27. The van der Waals surface area contributed by atoms with Crippen LogP contribution >= 0.6 is 23.1 Å². The van der Waals surface area contributed by atoms with Crippen molar-refractivity contribution < 1.29 is 33.5 Å². The number of amides is 2. The van der Waals surface area contributed by atoms with Crippen molar-refractivity contribution >= 4 is 57.7 Å². The van der Waals surface area contributed by atoms with Crippen LogP contribution in [-0.2, 0) is 33.5 Å². The third-order valence-corrected chi connectivity index (χ3v) is 6.35. The summed E-state index contributed by atoms with van der Waals surface area (Å²) in [6.07, 6.45) is 1.54. The molecule has 2 amide bonds. The van der Waals surface area contributed by atoms with Crippen LogP contribution in [-0.4, -0.2) is 70.4 Å². The molecule has 14 heteroatoms. The number of carbonyl (C=O) groups is 4. The second-order valence-corrected chi connectivity index (χ2v) is 9.94. The predicted octanol–water partition coefficient (Wildman–Crippen LogP) is 0.450. The largest absolute Gasteiger partial charge is 0.427 e. The molecule has 3 N–H and O–H groups in total. The van der Waals surface area contributed by atoms with Crippen LogP contribution in [0, 0.1) is 5.41 Å². The SMILES string of the molecule is CO/N=C(\C(=O)N[C@@H]1C(=O)N2C(C(=O)OCOC(=O)C(C)(C)C)=CCS[C@H]12)c1csc(N)n1. The molecule has 0 unspecified atom stereocenters. The van der Waals surface area contributed by atoms with Gasteiger partial charge in [-0.05, 0) is 26.8 Å². The molecule has 3 rings (SSSR count). The summed E-state index contributed by atoms with van der Waals surface area (Å²) >= 11 is 2.49. The number of oxime groups is 1. The van der Waals surface area contributed by atoms with E-state index >= 15 is 0 Å². The molecule has 0 aliphatic carbocycles. The lowest BCUT2D eigenvalue weighted by atomic mass is 9.98.